The number of aliphatic imine (C=N–C) groups is 1. The summed E-state index contributed by atoms with van der Waals surface area (Å²) in [4.78, 5) is 4.56. The maximum absolute atomic E-state index is 4.56. The second kappa shape index (κ2) is 6.28. The first-order chi connectivity index (χ1) is 8.66. The zero-order valence-electron chi connectivity index (χ0n) is 11.4. The van der Waals surface area contributed by atoms with Crippen LogP contribution in [0.5, 0.6) is 0 Å². The Labute approximate surface area is 114 Å². The summed E-state index contributed by atoms with van der Waals surface area (Å²) < 4.78 is 0. The molecule has 1 heterocycles. The average molecular weight is 262 g/mol. The highest BCUT2D eigenvalue weighted by molar-refractivity contribution is 8.14. The Morgan fingerprint density at radius 2 is 2.17 bits per heavy atom. The first-order valence-corrected chi connectivity index (χ1v) is 7.54. The second-order valence-corrected chi connectivity index (χ2v) is 6.38. The molecular weight excluding hydrogens is 240 g/mol. The molecular formula is C15H22N2S. The van der Waals surface area contributed by atoms with Crippen LogP contribution in [0.3, 0.4) is 0 Å². The van der Waals surface area contributed by atoms with Gasteiger partial charge in [-0.15, -0.1) is 0 Å². The Morgan fingerprint density at radius 3 is 2.83 bits per heavy atom. The molecule has 0 radical (unpaired) electrons. The van der Waals surface area contributed by atoms with Crippen molar-refractivity contribution in [2.45, 2.75) is 32.4 Å². The van der Waals surface area contributed by atoms with Crippen molar-refractivity contribution in [3.05, 3.63) is 35.4 Å². The lowest BCUT2D eigenvalue weighted by atomic mass is 10.1. The van der Waals surface area contributed by atoms with Gasteiger partial charge in [0.2, 0.25) is 0 Å². The van der Waals surface area contributed by atoms with Gasteiger partial charge in [-0.2, -0.15) is 0 Å². The summed E-state index contributed by atoms with van der Waals surface area (Å²) in [5.41, 5.74) is 2.80. The van der Waals surface area contributed by atoms with Crippen molar-refractivity contribution in [2.75, 3.05) is 13.1 Å². The summed E-state index contributed by atoms with van der Waals surface area (Å²) in [5.74, 6) is 0.703. The summed E-state index contributed by atoms with van der Waals surface area (Å²) in [6.45, 7) is 8.65. The first-order valence-electron chi connectivity index (χ1n) is 6.66. The lowest BCUT2D eigenvalue weighted by molar-refractivity contribution is 0.621. The highest BCUT2D eigenvalue weighted by Crippen LogP contribution is 2.25. The van der Waals surface area contributed by atoms with Gasteiger partial charge >= 0.3 is 0 Å². The molecule has 2 nitrogen and oxygen atoms in total. The molecule has 1 atom stereocenters. The van der Waals surface area contributed by atoms with E-state index in [0.29, 0.717) is 11.2 Å². The van der Waals surface area contributed by atoms with E-state index in [4.69, 9.17) is 0 Å². The van der Waals surface area contributed by atoms with Gasteiger partial charge in [0.25, 0.3) is 0 Å². The number of hydrogen-bond acceptors (Lipinski definition) is 3. The first kappa shape index (κ1) is 13.5. The van der Waals surface area contributed by atoms with Crippen LogP contribution in [0, 0.1) is 12.8 Å². The molecule has 0 aromatic heterocycles. The minimum atomic E-state index is 0.658. The van der Waals surface area contributed by atoms with Gasteiger partial charge in [-0.3, -0.25) is 4.99 Å². The number of amidine groups is 1. The molecule has 3 heteroatoms. The standard InChI is InChI=1S/C15H22N2S/c1-11(2)14-10-17-15(18-14)16-9-8-13-7-5-4-6-12(13)3/h4-7,11,14H,8-10H2,1-3H3,(H,16,17). The Hall–Kier alpha value is -0.960. The fraction of sp³-hybridized carbons (Fsp3) is 0.533. The van der Waals surface area contributed by atoms with Crippen LogP contribution in [0.1, 0.15) is 25.0 Å². The van der Waals surface area contributed by atoms with Crippen LogP contribution in [0.4, 0.5) is 0 Å². The Bertz CT molecular complexity index is 426. The van der Waals surface area contributed by atoms with E-state index < -0.39 is 0 Å². The number of benzene rings is 1. The van der Waals surface area contributed by atoms with E-state index in [-0.39, 0.29) is 0 Å². The van der Waals surface area contributed by atoms with Crippen LogP contribution in [0.2, 0.25) is 0 Å². The molecule has 1 unspecified atom stereocenters. The maximum Gasteiger partial charge on any atom is 0.156 e. The van der Waals surface area contributed by atoms with Crippen LogP contribution < -0.4 is 5.32 Å². The van der Waals surface area contributed by atoms with Gasteiger partial charge in [0.1, 0.15) is 0 Å². The molecule has 2 rings (SSSR count). The highest BCUT2D eigenvalue weighted by atomic mass is 32.2. The molecule has 0 spiro atoms. The number of nitrogens with zero attached hydrogens (tertiary/aromatic N) is 1. The van der Waals surface area contributed by atoms with Gasteiger partial charge in [0.15, 0.2) is 5.17 Å². The summed E-state index contributed by atoms with van der Waals surface area (Å²) in [6, 6.07) is 8.58. The van der Waals surface area contributed by atoms with Crippen molar-refractivity contribution in [3.63, 3.8) is 0 Å². The molecule has 1 aromatic rings. The topological polar surface area (TPSA) is 24.4 Å². The largest absolute Gasteiger partial charge is 0.365 e. The Morgan fingerprint density at radius 1 is 1.39 bits per heavy atom. The van der Waals surface area contributed by atoms with Gasteiger partial charge in [-0.1, -0.05) is 49.9 Å². The van der Waals surface area contributed by atoms with Crippen molar-refractivity contribution >= 4 is 16.9 Å². The van der Waals surface area contributed by atoms with Crippen molar-refractivity contribution < 1.29 is 0 Å². The Balaban J connectivity index is 1.75. The minimum absolute atomic E-state index is 0.658. The van der Waals surface area contributed by atoms with Crippen LogP contribution in [-0.4, -0.2) is 23.5 Å². The van der Waals surface area contributed by atoms with Crippen LogP contribution in [0.25, 0.3) is 0 Å². The molecule has 0 saturated heterocycles. The van der Waals surface area contributed by atoms with Crippen LogP contribution in [0.15, 0.2) is 29.3 Å². The van der Waals surface area contributed by atoms with Crippen molar-refractivity contribution in [1.29, 1.82) is 0 Å². The highest BCUT2D eigenvalue weighted by Gasteiger charge is 2.21. The number of aryl methyl sites for hydroxylation is 1. The molecule has 1 N–H and O–H groups in total. The SMILES string of the molecule is Cc1ccccc1CCNC1=NCC(C(C)C)S1. The molecule has 0 fully saturated rings. The smallest absolute Gasteiger partial charge is 0.156 e. The number of thioether (sulfide) groups is 1. The van der Waals surface area contributed by atoms with E-state index in [1.165, 1.54) is 11.1 Å². The normalized spacial score (nSPS) is 19.1. The average Bonchev–Trinajstić information content (AvgIpc) is 2.80. The van der Waals surface area contributed by atoms with E-state index in [1.807, 2.05) is 11.8 Å². The monoisotopic (exact) mass is 262 g/mol. The predicted octanol–water partition coefficient (Wildman–Crippen LogP) is 3.25. The van der Waals surface area contributed by atoms with Gasteiger partial charge in [0.05, 0.1) is 6.54 Å². The molecule has 0 bridgehead atoms. The van der Waals surface area contributed by atoms with Gasteiger partial charge in [0, 0.05) is 11.8 Å². The Kier molecular flexibility index (Phi) is 4.70. The second-order valence-electron chi connectivity index (χ2n) is 5.15. The minimum Gasteiger partial charge on any atom is -0.365 e. The molecule has 1 aliphatic heterocycles. The van der Waals surface area contributed by atoms with E-state index in [1.54, 1.807) is 0 Å². The predicted molar refractivity (Wildman–Crippen MR) is 81.4 cm³/mol. The fourth-order valence-electron chi connectivity index (χ4n) is 2.03. The third-order valence-electron chi connectivity index (χ3n) is 3.35. The molecule has 0 saturated carbocycles. The fourth-order valence-corrected chi connectivity index (χ4v) is 3.07. The zero-order valence-corrected chi connectivity index (χ0v) is 12.3. The van der Waals surface area contributed by atoms with E-state index >= 15 is 0 Å². The van der Waals surface area contributed by atoms with E-state index in [0.717, 1.165) is 24.7 Å². The summed E-state index contributed by atoms with van der Waals surface area (Å²) in [6.07, 6.45) is 1.07. The van der Waals surface area contributed by atoms with Crippen molar-refractivity contribution in [3.8, 4) is 0 Å². The number of hydrogen-bond donors (Lipinski definition) is 1. The van der Waals surface area contributed by atoms with Crippen molar-refractivity contribution in [1.82, 2.24) is 5.32 Å². The summed E-state index contributed by atoms with van der Waals surface area (Å²) in [7, 11) is 0. The molecule has 1 aromatic carbocycles. The van der Waals surface area contributed by atoms with Gasteiger partial charge < -0.3 is 5.32 Å². The number of rotatable bonds is 4. The summed E-state index contributed by atoms with van der Waals surface area (Å²) in [5, 5.41) is 5.24. The van der Waals surface area contributed by atoms with Crippen LogP contribution >= 0.6 is 11.8 Å². The third-order valence-corrected chi connectivity index (χ3v) is 4.85. The van der Waals surface area contributed by atoms with Crippen molar-refractivity contribution in [2.24, 2.45) is 10.9 Å². The quantitative estimate of drug-likeness (QED) is 0.900. The molecule has 0 amide bonds. The van der Waals surface area contributed by atoms with E-state index in [9.17, 15) is 0 Å². The molecule has 1 aliphatic rings. The van der Waals surface area contributed by atoms with Gasteiger partial charge in [-0.25, -0.2) is 0 Å². The molecule has 98 valence electrons. The van der Waals surface area contributed by atoms with E-state index in [2.05, 4.69) is 55.3 Å². The number of nitrogens with one attached hydrogen (secondary N) is 1. The van der Waals surface area contributed by atoms with Gasteiger partial charge in [-0.05, 0) is 30.4 Å². The molecule has 0 aliphatic carbocycles. The summed E-state index contributed by atoms with van der Waals surface area (Å²) >= 11 is 1.90. The maximum atomic E-state index is 4.56. The third kappa shape index (κ3) is 3.52. The lowest BCUT2D eigenvalue weighted by Gasteiger charge is -2.12. The zero-order chi connectivity index (χ0) is 13.0. The van der Waals surface area contributed by atoms with Crippen LogP contribution in [-0.2, 0) is 6.42 Å². The molecule has 18 heavy (non-hydrogen) atoms. The lowest BCUT2D eigenvalue weighted by Crippen LogP contribution is -2.23.